The monoisotopic (exact) mass is 319 g/mol. The Balaban J connectivity index is 2.36. The average molecular weight is 319 g/mol. The van der Waals surface area contributed by atoms with Crippen LogP contribution in [0.2, 0.25) is 0 Å². The highest BCUT2D eigenvalue weighted by Gasteiger charge is 2.43. The number of hydrogen-bond acceptors (Lipinski definition) is 4. The lowest BCUT2D eigenvalue weighted by molar-refractivity contribution is -0.148. The lowest BCUT2D eigenvalue weighted by Gasteiger charge is -2.24. The normalized spacial score (nSPS) is 20.6. The largest absolute Gasteiger partial charge is 0.479 e. The van der Waals surface area contributed by atoms with Crippen LogP contribution in [0.4, 0.5) is 8.28 Å². The molecule has 114 valence electrons. The third kappa shape index (κ3) is 3.18. The molecule has 2 unspecified atom stereocenters. The minimum Gasteiger partial charge on any atom is -0.479 e. The number of carboxylic acids is 1. The Labute approximate surface area is 119 Å². The fraction of sp³-hybridized carbons (Fsp3) is 0.333. The predicted octanol–water partition coefficient (Wildman–Crippen LogP) is 0.852. The van der Waals surface area contributed by atoms with Gasteiger partial charge in [-0.05, 0) is 17.7 Å². The number of likely N-dealkylation sites (tertiary alicyclic amines) is 1. The Morgan fingerprint density at radius 2 is 2.10 bits per heavy atom. The molecule has 2 rings (SSSR count). The SMILES string of the molecule is O=C(O)C(c1cccc(F)c1)N1CC(S(=O)(=O)F)CC1=O. The van der Waals surface area contributed by atoms with E-state index in [1.165, 1.54) is 12.1 Å². The van der Waals surface area contributed by atoms with Gasteiger partial charge in [-0.25, -0.2) is 9.18 Å². The van der Waals surface area contributed by atoms with Crippen molar-refractivity contribution in [1.29, 1.82) is 0 Å². The zero-order valence-electron chi connectivity index (χ0n) is 10.6. The van der Waals surface area contributed by atoms with Gasteiger partial charge in [0.05, 0.1) is 0 Å². The van der Waals surface area contributed by atoms with Gasteiger partial charge >= 0.3 is 16.2 Å². The van der Waals surface area contributed by atoms with E-state index in [4.69, 9.17) is 0 Å². The number of carbonyl (C=O) groups excluding carboxylic acids is 1. The molecule has 0 bridgehead atoms. The van der Waals surface area contributed by atoms with E-state index in [0.29, 0.717) is 0 Å². The summed E-state index contributed by atoms with van der Waals surface area (Å²) in [6.45, 7) is -0.578. The lowest BCUT2D eigenvalue weighted by atomic mass is 10.1. The molecule has 2 atom stereocenters. The zero-order chi connectivity index (χ0) is 15.8. The molecule has 1 amide bonds. The molecule has 0 saturated carbocycles. The summed E-state index contributed by atoms with van der Waals surface area (Å²) in [6.07, 6.45) is -0.627. The summed E-state index contributed by atoms with van der Waals surface area (Å²) >= 11 is 0. The molecule has 6 nitrogen and oxygen atoms in total. The van der Waals surface area contributed by atoms with Crippen molar-refractivity contribution in [2.45, 2.75) is 17.7 Å². The first-order valence-electron chi connectivity index (χ1n) is 5.91. The number of benzene rings is 1. The van der Waals surface area contributed by atoms with E-state index in [1.807, 2.05) is 0 Å². The van der Waals surface area contributed by atoms with Crippen molar-refractivity contribution < 1.29 is 31.4 Å². The van der Waals surface area contributed by atoms with Crippen LogP contribution in [0.3, 0.4) is 0 Å². The van der Waals surface area contributed by atoms with E-state index >= 15 is 0 Å². The van der Waals surface area contributed by atoms with E-state index in [-0.39, 0.29) is 5.56 Å². The van der Waals surface area contributed by atoms with Gasteiger partial charge in [0, 0.05) is 13.0 Å². The van der Waals surface area contributed by atoms with E-state index < -0.39 is 52.2 Å². The standard InChI is InChI=1S/C12H11F2NO5S/c13-8-3-1-2-7(4-8)11(12(17)18)15-6-9(5-10(15)16)21(14,19)20/h1-4,9,11H,5-6H2,(H,17,18). The highest BCUT2D eigenvalue weighted by Crippen LogP contribution is 2.29. The molecule has 1 aromatic carbocycles. The average Bonchev–Trinajstić information content (AvgIpc) is 2.71. The van der Waals surface area contributed by atoms with E-state index in [2.05, 4.69) is 0 Å². The van der Waals surface area contributed by atoms with E-state index in [1.54, 1.807) is 0 Å². The van der Waals surface area contributed by atoms with Crippen molar-refractivity contribution in [2.75, 3.05) is 6.54 Å². The maximum atomic E-state index is 13.2. The van der Waals surface area contributed by atoms with Crippen LogP contribution in [0.25, 0.3) is 0 Å². The number of nitrogens with zero attached hydrogens (tertiary/aromatic N) is 1. The summed E-state index contributed by atoms with van der Waals surface area (Å²) in [5.41, 5.74) is -0.0206. The molecule has 0 spiro atoms. The number of carbonyl (C=O) groups is 2. The second kappa shape index (κ2) is 5.40. The van der Waals surface area contributed by atoms with Crippen molar-refractivity contribution >= 4 is 22.1 Å². The summed E-state index contributed by atoms with van der Waals surface area (Å²) in [5.74, 6) is -2.95. The second-order valence-corrected chi connectivity index (χ2v) is 6.26. The van der Waals surface area contributed by atoms with Gasteiger partial charge in [0.2, 0.25) is 5.91 Å². The second-order valence-electron chi connectivity index (χ2n) is 4.64. The molecule has 1 fully saturated rings. The summed E-state index contributed by atoms with van der Waals surface area (Å²) in [7, 11) is -4.95. The molecule has 21 heavy (non-hydrogen) atoms. The predicted molar refractivity (Wildman–Crippen MR) is 66.9 cm³/mol. The molecule has 9 heteroatoms. The van der Waals surface area contributed by atoms with Crippen LogP contribution in [0.1, 0.15) is 18.0 Å². The van der Waals surface area contributed by atoms with E-state index in [9.17, 15) is 31.4 Å². The van der Waals surface area contributed by atoms with Crippen LogP contribution in [0, 0.1) is 5.82 Å². The summed E-state index contributed by atoms with van der Waals surface area (Å²) in [5, 5.41) is 7.63. The minimum atomic E-state index is -4.95. The number of hydrogen-bond donors (Lipinski definition) is 1. The fourth-order valence-corrected chi connectivity index (χ4v) is 2.95. The van der Waals surface area contributed by atoms with Crippen LogP contribution < -0.4 is 0 Å². The van der Waals surface area contributed by atoms with Gasteiger partial charge in [0.15, 0.2) is 6.04 Å². The van der Waals surface area contributed by atoms with Crippen molar-refractivity contribution in [3.8, 4) is 0 Å². The van der Waals surface area contributed by atoms with Crippen molar-refractivity contribution in [3.05, 3.63) is 35.6 Å². The zero-order valence-corrected chi connectivity index (χ0v) is 11.4. The Hall–Kier alpha value is -2.03. The fourth-order valence-electron chi connectivity index (χ4n) is 2.27. The lowest BCUT2D eigenvalue weighted by Crippen LogP contribution is -2.36. The molecular formula is C12H11F2NO5S. The van der Waals surface area contributed by atoms with E-state index in [0.717, 1.165) is 17.0 Å². The number of rotatable bonds is 4. The van der Waals surface area contributed by atoms with Gasteiger partial charge in [0.25, 0.3) is 0 Å². The van der Waals surface area contributed by atoms with Crippen molar-refractivity contribution in [3.63, 3.8) is 0 Å². The third-order valence-electron chi connectivity index (χ3n) is 3.23. The Morgan fingerprint density at radius 3 is 2.57 bits per heavy atom. The first kappa shape index (κ1) is 15.4. The first-order valence-corrected chi connectivity index (χ1v) is 7.36. The molecule has 0 aliphatic carbocycles. The molecule has 1 N–H and O–H groups in total. The number of halogens is 2. The Bertz CT molecular complexity index is 691. The van der Waals surface area contributed by atoms with Crippen LogP contribution in [-0.2, 0) is 19.8 Å². The summed E-state index contributed by atoms with van der Waals surface area (Å²) in [4.78, 5) is 23.8. The maximum absolute atomic E-state index is 13.2. The van der Waals surface area contributed by atoms with Crippen LogP contribution in [0.5, 0.6) is 0 Å². The molecule has 1 aliphatic rings. The topological polar surface area (TPSA) is 91.8 Å². The quantitative estimate of drug-likeness (QED) is 0.831. The highest BCUT2D eigenvalue weighted by atomic mass is 32.3. The number of aliphatic carboxylic acids is 1. The number of amides is 1. The maximum Gasteiger partial charge on any atom is 0.331 e. The highest BCUT2D eigenvalue weighted by molar-refractivity contribution is 7.87. The smallest absolute Gasteiger partial charge is 0.331 e. The van der Waals surface area contributed by atoms with Crippen LogP contribution in [0.15, 0.2) is 24.3 Å². The minimum absolute atomic E-state index is 0.0206. The first-order chi connectivity index (χ1) is 9.70. The summed E-state index contributed by atoms with van der Waals surface area (Å²) in [6, 6.07) is 3.04. The van der Waals surface area contributed by atoms with Gasteiger partial charge < -0.3 is 10.0 Å². The van der Waals surface area contributed by atoms with Crippen molar-refractivity contribution in [1.82, 2.24) is 4.90 Å². The van der Waals surface area contributed by atoms with Gasteiger partial charge in [-0.15, -0.1) is 3.89 Å². The van der Waals surface area contributed by atoms with Gasteiger partial charge in [-0.1, -0.05) is 12.1 Å². The van der Waals surface area contributed by atoms with Crippen LogP contribution in [-0.4, -0.2) is 42.1 Å². The molecule has 1 heterocycles. The molecule has 1 saturated heterocycles. The Morgan fingerprint density at radius 1 is 1.43 bits per heavy atom. The molecule has 0 aromatic heterocycles. The number of carboxylic acid groups (broad SMARTS) is 1. The van der Waals surface area contributed by atoms with Crippen molar-refractivity contribution in [2.24, 2.45) is 0 Å². The summed E-state index contributed by atoms with van der Waals surface area (Å²) < 4.78 is 47.9. The third-order valence-corrected chi connectivity index (χ3v) is 4.34. The van der Waals surface area contributed by atoms with Gasteiger partial charge in [-0.2, -0.15) is 8.42 Å². The van der Waals surface area contributed by atoms with Gasteiger partial charge in [0.1, 0.15) is 11.1 Å². The van der Waals surface area contributed by atoms with Gasteiger partial charge in [-0.3, -0.25) is 4.79 Å². The molecule has 1 aliphatic heterocycles. The molecular weight excluding hydrogens is 308 g/mol. The molecule has 0 radical (unpaired) electrons. The molecule has 1 aromatic rings. The van der Waals surface area contributed by atoms with Crippen LogP contribution >= 0.6 is 0 Å². The Kier molecular flexibility index (Phi) is 3.95.